The lowest BCUT2D eigenvalue weighted by atomic mass is 9.79. The first-order valence-electron chi connectivity index (χ1n) is 15.4. The van der Waals surface area contributed by atoms with E-state index in [1.54, 1.807) is 24.3 Å². The van der Waals surface area contributed by atoms with Crippen LogP contribution in [0.15, 0.2) is 109 Å². The van der Waals surface area contributed by atoms with Crippen LogP contribution in [-0.4, -0.2) is 22.2 Å². The Morgan fingerprint density at radius 1 is 0.905 bits per heavy atom. The molecule has 2 nitrogen and oxygen atoms in total. The van der Waals surface area contributed by atoms with Crippen molar-refractivity contribution in [1.82, 2.24) is 4.90 Å². The lowest BCUT2D eigenvalue weighted by Crippen LogP contribution is -2.21. The zero-order valence-electron chi connectivity index (χ0n) is 24.9. The summed E-state index contributed by atoms with van der Waals surface area (Å²) in [4.78, 5) is 2.20. The molecule has 220 valence electrons. The van der Waals surface area contributed by atoms with Gasteiger partial charge in [0.25, 0.3) is 0 Å². The van der Waals surface area contributed by atoms with Crippen molar-refractivity contribution in [3.8, 4) is 0 Å². The quantitative estimate of drug-likeness (QED) is 0.278. The molecule has 3 aromatic rings. The minimum absolute atomic E-state index is 0.123. The number of aryl methyl sites for hydroxylation is 1. The van der Waals surface area contributed by atoms with Crippen LogP contribution in [0, 0.1) is 17.6 Å². The Morgan fingerprint density at radius 2 is 1.52 bits per heavy atom. The summed E-state index contributed by atoms with van der Waals surface area (Å²) >= 11 is 0. The van der Waals surface area contributed by atoms with Crippen molar-refractivity contribution < 1.29 is 13.9 Å². The average Bonchev–Trinajstić information content (AvgIpc) is 3.71. The van der Waals surface area contributed by atoms with Gasteiger partial charge in [0.05, 0.1) is 5.60 Å². The van der Waals surface area contributed by atoms with Crippen molar-refractivity contribution in [2.24, 2.45) is 5.92 Å². The third-order valence-corrected chi connectivity index (χ3v) is 9.11. The molecule has 0 radical (unpaired) electrons. The van der Waals surface area contributed by atoms with Gasteiger partial charge in [-0.15, -0.1) is 0 Å². The van der Waals surface area contributed by atoms with Gasteiger partial charge in [-0.3, -0.25) is 0 Å². The molecule has 3 aromatic carbocycles. The van der Waals surface area contributed by atoms with E-state index in [-0.39, 0.29) is 23.2 Å². The predicted molar refractivity (Wildman–Crippen MR) is 168 cm³/mol. The summed E-state index contributed by atoms with van der Waals surface area (Å²) < 4.78 is 27.3. The standard InChI is InChI=1S/C32H31F2N.C6H12O/c1-23-10-11-29(32(26-12-16-30(33)17-13-26)27-14-18-31(34)19-15-27)22-35(23)20-4-6-24-5-2-9-28(21-24)25-7-3-8-25;1-5(2)6(7)3-4-6/h2,5,9-19,21-22,25,32H,1,3-4,6-8,20H2;5,7H,3-4H2,1-2H3. The molecule has 1 heterocycles. The lowest BCUT2D eigenvalue weighted by Gasteiger charge is -2.29. The van der Waals surface area contributed by atoms with Crippen LogP contribution in [-0.2, 0) is 6.42 Å². The zero-order chi connectivity index (χ0) is 29.7. The second-order valence-electron chi connectivity index (χ2n) is 12.4. The maximum Gasteiger partial charge on any atom is 0.123 e. The van der Waals surface area contributed by atoms with Gasteiger partial charge in [0.1, 0.15) is 11.6 Å². The predicted octanol–water partition coefficient (Wildman–Crippen LogP) is 9.43. The van der Waals surface area contributed by atoms with Crippen LogP contribution in [0.4, 0.5) is 8.78 Å². The maximum absolute atomic E-state index is 13.6. The summed E-state index contributed by atoms with van der Waals surface area (Å²) in [6.45, 7) is 9.22. The van der Waals surface area contributed by atoms with E-state index in [0.29, 0.717) is 5.92 Å². The fourth-order valence-corrected chi connectivity index (χ4v) is 5.76. The van der Waals surface area contributed by atoms with Crippen LogP contribution >= 0.6 is 0 Å². The third-order valence-electron chi connectivity index (χ3n) is 9.11. The molecule has 3 aliphatic rings. The zero-order valence-corrected chi connectivity index (χ0v) is 24.9. The summed E-state index contributed by atoms with van der Waals surface area (Å²) in [6, 6.07) is 22.2. The van der Waals surface area contributed by atoms with E-state index >= 15 is 0 Å². The molecule has 0 atom stereocenters. The van der Waals surface area contributed by atoms with Gasteiger partial charge in [0.15, 0.2) is 0 Å². The van der Waals surface area contributed by atoms with E-state index in [1.807, 2.05) is 6.08 Å². The smallest absolute Gasteiger partial charge is 0.123 e. The molecule has 2 fully saturated rings. The van der Waals surface area contributed by atoms with Gasteiger partial charge in [-0.05, 0) is 109 Å². The van der Waals surface area contributed by atoms with Crippen LogP contribution in [0.25, 0.3) is 0 Å². The van der Waals surface area contributed by atoms with Gasteiger partial charge in [-0.2, -0.15) is 0 Å². The molecule has 0 spiro atoms. The van der Waals surface area contributed by atoms with Crippen LogP contribution in [0.3, 0.4) is 0 Å². The Balaban J connectivity index is 0.000000442. The number of allylic oxidation sites excluding steroid dienone is 3. The molecule has 1 N–H and O–H groups in total. The highest BCUT2D eigenvalue weighted by Crippen LogP contribution is 2.41. The molecule has 0 amide bonds. The first-order chi connectivity index (χ1) is 20.2. The molecule has 0 saturated heterocycles. The van der Waals surface area contributed by atoms with Crippen molar-refractivity contribution in [3.05, 3.63) is 143 Å². The summed E-state index contributed by atoms with van der Waals surface area (Å²) in [5.41, 5.74) is 6.59. The molecular weight excluding hydrogens is 524 g/mol. The normalized spacial score (nSPS) is 17.5. The average molecular weight is 568 g/mol. The first-order valence-corrected chi connectivity index (χ1v) is 15.4. The van der Waals surface area contributed by atoms with Gasteiger partial charge in [-0.25, -0.2) is 8.78 Å². The molecule has 4 heteroatoms. The van der Waals surface area contributed by atoms with Crippen LogP contribution in [0.2, 0.25) is 0 Å². The summed E-state index contributed by atoms with van der Waals surface area (Å²) in [7, 11) is 0. The molecule has 42 heavy (non-hydrogen) atoms. The Morgan fingerprint density at radius 3 is 2.02 bits per heavy atom. The molecule has 2 saturated carbocycles. The van der Waals surface area contributed by atoms with Gasteiger partial charge in [0.2, 0.25) is 0 Å². The fraction of sp³-hybridized carbons (Fsp3) is 0.368. The minimum Gasteiger partial charge on any atom is -0.390 e. The Labute approximate surface area is 250 Å². The number of nitrogens with zero attached hydrogens (tertiary/aromatic N) is 1. The van der Waals surface area contributed by atoms with E-state index in [1.165, 1.54) is 54.7 Å². The Bertz CT molecular complexity index is 1370. The second kappa shape index (κ2) is 13.2. The molecule has 0 unspecified atom stereocenters. The van der Waals surface area contributed by atoms with E-state index < -0.39 is 0 Å². The van der Waals surface area contributed by atoms with E-state index in [9.17, 15) is 13.9 Å². The highest BCUT2D eigenvalue weighted by molar-refractivity contribution is 5.48. The molecule has 2 aliphatic carbocycles. The van der Waals surface area contributed by atoms with Crippen LogP contribution in [0.5, 0.6) is 0 Å². The van der Waals surface area contributed by atoms with Crippen molar-refractivity contribution in [2.75, 3.05) is 6.54 Å². The Hall–Kier alpha value is -3.50. The fourth-order valence-electron chi connectivity index (χ4n) is 5.76. The summed E-state index contributed by atoms with van der Waals surface area (Å²) in [5, 5.41) is 9.21. The van der Waals surface area contributed by atoms with Crippen LogP contribution < -0.4 is 0 Å². The number of halogens is 2. The Kier molecular flexibility index (Phi) is 9.43. The summed E-state index contributed by atoms with van der Waals surface area (Å²) in [5.74, 6) is 0.560. The SMILES string of the molecule is C=C1C=CC(C(c2ccc(F)cc2)c2ccc(F)cc2)=CN1CCCc1cccc(C2CCC2)c1.CC(C)C1(O)CC1. The van der Waals surface area contributed by atoms with Gasteiger partial charge in [-0.1, -0.05) is 81.5 Å². The summed E-state index contributed by atoms with van der Waals surface area (Å²) in [6.07, 6.45) is 14.3. The topological polar surface area (TPSA) is 23.5 Å². The monoisotopic (exact) mass is 567 g/mol. The van der Waals surface area contributed by atoms with Crippen molar-refractivity contribution >= 4 is 0 Å². The van der Waals surface area contributed by atoms with Crippen molar-refractivity contribution in [2.45, 2.75) is 76.2 Å². The maximum atomic E-state index is 13.6. The second-order valence-corrected chi connectivity index (χ2v) is 12.4. The van der Waals surface area contributed by atoms with Gasteiger partial charge >= 0.3 is 0 Å². The van der Waals surface area contributed by atoms with Gasteiger partial charge < -0.3 is 10.0 Å². The molecule has 0 aromatic heterocycles. The highest BCUT2D eigenvalue weighted by atomic mass is 19.1. The minimum atomic E-state index is -0.267. The highest BCUT2D eigenvalue weighted by Gasteiger charge is 2.42. The van der Waals surface area contributed by atoms with Crippen molar-refractivity contribution in [1.29, 1.82) is 0 Å². The number of hydrogen-bond donors (Lipinski definition) is 1. The number of benzene rings is 3. The number of rotatable bonds is 9. The van der Waals surface area contributed by atoms with Crippen molar-refractivity contribution in [3.63, 3.8) is 0 Å². The molecular formula is C38H43F2NO. The number of aliphatic hydroxyl groups is 1. The van der Waals surface area contributed by atoms with E-state index in [0.717, 1.165) is 60.5 Å². The molecule has 6 rings (SSSR count). The first kappa shape index (κ1) is 30.0. The van der Waals surface area contributed by atoms with Gasteiger partial charge in [0, 0.05) is 24.4 Å². The lowest BCUT2D eigenvalue weighted by molar-refractivity contribution is 0.0996. The number of hydrogen-bond acceptors (Lipinski definition) is 2. The molecule has 1 aliphatic heterocycles. The van der Waals surface area contributed by atoms with E-state index in [2.05, 4.69) is 61.9 Å². The van der Waals surface area contributed by atoms with Crippen LogP contribution in [0.1, 0.15) is 86.5 Å². The molecule has 0 bridgehead atoms. The third kappa shape index (κ3) is 7.46. The van der Waals surface area contributed by atoms with E-state index in [4.69, 9.17) is 0 Å². The largest absolute Gasteiger partial charge is 0.390 e.